The van der Waals surface area contributed by atoms with Gasteiger partial charge in [-0.15, -0.1) is 0 Å². The van der Waals surface area contributed by atoms with E-state index in [9.17, 15) is 27.2 Å². The van der Waals surface area contributed by atoms with Crippen LogP contribution < -0.4 is 15.9 Å². The van der Waals surface area contributed by atoms with Crippen molar-refractivity contribution in [1.29, 1.82) is 0 Å². The van der Waals surface area contributed by atoms with Gasteiger partial charge in [0.2, 0.25) is 11.7 Å². The van der Waals surface area contributed by atoms with Crippen LogP contribution in [0, 0.1) is 23.5 Å². The molecule has 3 aromatic rings. The summed E-state index contributed by atoms with van der Waals surface area (Å²) in [6, 6.07) is 6.77. The lowest BCUT2D eigenvalue weighted by atomic mass is 9.78. The van der Waals surface area contributed by atoms with Crippen molar-refractivity contribution in [2.75, 3.05) is 6.61 Å². The van der Waals surface area contributed by atoms with Crippen molar-refractivity contribution in [3.8, 4) is 5.75 Å². The molecule has 4 rings (SSSR count). The number of aromatic nitrogens is 2. The second-order valence-electron chi connectivity index (χ2n) is 9.71. The fourth-order valence-corrected chi connectivity index (χ4v) is 4.42. The maximum Gasteiger partial charge on any atom is 0.268 e. The molecule has 0 spiro atoms. The normalized spacial score (nSPS) is 19.5. The minimum atomic E-state index is -2.73. The number of nitrogens with one attached hydrogen (secondary N) is 1. The quantitative estimate of drug-likeness (QED) is 0.392. The number of aromatic amines is 1. The van der Waals surface area contributed by atoms with E-state index in [0.29, 0.717) is 30.2 Å². The van der Waals surface area contributed by atoms with Gasteiger partial charge < -0.3 is 15.5 Å². The third kappa shape index (κ3) is 7.08. The van der Waals surface area contributed by atoms with Gasteiger partial charge in [-0.2, -0.15) is 4.39 Å². The Bertz CT molecular complexity index is 1310. The molecule has 6 nitrogen and oxygen atoms in total. The minimum Gasteiger partial charge on any atom is -0.490 e. The molecule has 2 unspecified atom stereocenters. The van der Waals surface area contributed by atoms with E-state index in [2.05, 4.69) is 9.97 Å². The minimum absolute atomic E-state index is 0.00898. The molecule has 0 aliphatic heterocycles. The molecular formula is C27H31F4N3O3. The average molecular weight is 522 g/mol. The Hall–Kier alpha value is -3.43. The van der Waals surface area contributed by atoms with Gasteiger partial charge in [-0.05, 0) is 36.5 Å². The monoisotopic (exact) mass is 521 g/mol. The highest BCUT2D eigenvalue weighted by atomic mass is 19.3. The highest BCUT2D eigenvalue weighted by Crippen LogP contribution is 2.43. The zero-order valence-corrected chi connectivity index (χ0v) is 21.0. The van der Waals surface area contributed by atoms with Gasteiger partial charge >= 0.3 is 0 Å². The number of nitrogens with zero attached hydrogens (tertiary/aromatic N) is 1. The van der Waals surface area contributed by atoms with Crippen LogP contribution in [0.15, 0.2) is 41.3 Å². The third-order valence-electron chi connectivity index (χ3n) is 6.45. The number of carbonyl (C=O) groups excluding carboxylic acids is 1. The summed E-state index contributed by atoms with van der Waals surface area (Å²) in [4.78, 5) is 30.6. The smallest absolute Gasteiger partial charge is 0.268 e. The number of alkyl halides is 2. The number of pyridine rings is 2. The van der Waals surface area contributed by atoms with E-state index in [1.54, 1.807) is 6.92 Å². The summed E-state index contributed by atoms with van der Waals surface area (Å²) in [5, 5.41) is 0.0966. The summed E-state index contributed by atoms with van der Waals surface area (Å²) in [5.74, 6) is -5.51. The lowest BCUT2D eigenvalue weighted by Crippen LogP contribution is -2.30. The Morgan fingerprint density at radius 3 is 2.65 bits per heavy atom. The molecule has 10 heteroatoms. The predicted octanol–water partition coefficient (Wildman–Crippen LogP) is 5.95. The molecule has 2 aromatic heterocycles. The van der Waals surface area contributed by atoms with Crippen molar-refractivity contribution >= 4 is 16.8 Å². The van der Waals surface area contributed by atoms with Crippen LogP contribution >= 0.6 is 0 Å². The molecule has 37 heavy (non-hydrogen) atoms. The number of nitrogens with two attached hydrogens (primary N) is 1. The number of H-pyrrole nitrogens is 1. The van der Waals surface area contributed by atoms with Gasteiger partial charge in [-0.25, -0.2) is 13.2 Å². The largest absolute Gasteiger partial charge is 0.490 e. The molecule has 1 aromatic carbocycles. The Labute approximate surface area is 212 Å². The van der Waals surface area contributed by atoms with Crippen molar-refractivity contribution in [3.63, 3.8) is 0 Å². The number of amides is 1. The number of hydrogen-bond donors (Lipinski definition) is 2. The van der Waals surface area contributed by atoms with Gasteiger partial charge in [-0.1, -0.05) is 33.3 Å². The van der Waals surface area contributed by atoms with Crippen LogP contribution in [0.1, 0.15) is 68.6 Å². The van der Waals surface area contributed by atoms with Crippen molar-refractivity contribution < 1.29 is 27.1 Å². The average Bonchev–Trinajstić information content (AvgIpc) is 2.83. The van der Waals surface area contributed by atoms with Gasteiger partial charge in [0.1, 0.15) is 5.69 Å². The SMILES string of the molecule is CC1C[C@H](c2cc(=O)c3c(C(N)=O)nccc3[nH]2)CC(F)(F)C1.CCC(C)COc1cccc(F)c1F. The molecule has 3 atom stereocenters. The second kappa shape index (κ2) is 11.7. The van der Waals surface area contributed by atoms with Gasteiger partial charge in [0, 0.05) is 36.7 Å². The zero-order chi connectivity index (χ0) is 27.3. The van der Waals surface area contributed by atoms with Crippen LogP contribution in [0.5, 0.6) is 5.75 Å². The molecule has 1 aliphatic carbocycles. The fourth-order valence-electron chi connectivity index (χ4n) is 4.42. The molecule has 1 fully saturated rings. The number of carbonyl (C=O) groups is 1. The molecule has 0 saturated heterocycles. The lowest BCUT2D eigenvalue weighted by molar-refractivity contribution is -0.0574. The first-order valence-corrected chi connectivity index (χ1v) is 12.2. The van der Waals surface area contributed by atoms with E-state index < -0.39 is 34.8 Å². The Kier molecular flexibility index (Phi) is 8.94. The van der Waals surface area contributed by atoms with Crippen molar-refractivity contribution in [2.24, 2.45) is 17.6 Å². The molecule has 1 saturated carbocycles. The number of rotatable bonds is 6. The Balaban J connectivity index is 0.000000233. The van der Waals surface area contributed by atoms with Crippen molar-refractivity contribution in [2.45, 2.75) is 58.3 Å². The Morgan fingerprint density at radius 1 is 1.27 bits per heavy atom. The van der Waals surface area contributed by atoms with Gasteiger partial charge in [0.15, 0.2) is 17.0 Å². The van der Waals surface area contributed by atoms with E-state index in [0.717, 1.165) is 12.5 Å². The number of ether oxygens (including phenoxy) is 1. The summed E-state index contributed by atoms with van der Waals surface area (Å²) in [5.41, 5.74) is 5.54. The second-order valence-corrected chi connectivity index (χ2v) is 9.71. The van der Waals surface area contributed by atoms with E-state index in [4.69, 9.17) is 10.5 Å². The number of fused-ring (bicyclic) bond motifs is 1. The highest BCUT2D eigenvalue weighted by molar-refractivity contribution is 6.03. The predicted molar refractivity (Wildman–Crippen MR) is 133 cm³/mol. The molecule has 0 bridgehead atoms. The summed E-state index contributed by atoms with van der Waals surface area (Å²) < 4.78 is 58.6. The van der Waals surface area contributed by atoms with Crippen LogP contribution in [0.4, 0.5) is 17.6 Å². The molecule has 3 N–H and O–H groups in total. The number of benzene rings is 1. The third-order valence-corrected chi connectivity index (χ3v) is 6.45. The molecule has 1 aliphatic rings. The highest BCUT2D eigenvalue weighted by Gasteiger charge is 2.40. The summed E-state index contributed by atoms with van der Waals surface area (Å²) in [7, 11) is 0. The van der Waals surface area contributed by atoms with Crippen LogP contribution in [0.2, 0.25) is 0 Å². The summed E-state index contributed by atoms with van der Waals surface area (Å²) in [6.45, 7) is 6.22. The first kappa shape index (κ1) is 28.1. The summed E-state index contributed by atoms with van der Waals surface area (Å²) >= 11 is 0. The van der Waals surface area contributed by atoms with Crippen LogP contribution in [0.3, 0.4) is 0 Å². The molecule has 200 valence electrons. The van der Waals surface area contributed by atoms with Crippen LogP contribution in [-0.4, -0.2) is 28.4 Å². The zero-order valence-electron chi connectivity index (χ0n) is 21.0. The van der Waals surface area contributed by atoms with E-state index in [1.807, 2.05) is 13.8 Å². The number of primary amides is 1. The van der Waals surface area contributed by atoms with Crippen molar-refractivity contribution in [3.05, 3.63) is 69.8 Å². The first-order valence-electron chi connectivity index (χ1n) is 12.2. The molecule has 1 amide bonds. The number of hydrogen-bond acceptors (Lipinski definition) is 4. The molecule has 0 radical (unpaired) electrons. The topological polar surface area (TPSA) is 98.1 Å². The van der Waals surface area contributed by atoms with Crippen LogP contribution in [-0.2, 0) is 0 Å². The summed E-state index contributed by atoms with van der Waals surface area (Å²) in [6.07, 6.45) is 2.49. The van der Waals surface area contributed by atoms with Gasteiger partial charge in [0.05, 0.1) is 17.5 Å². The maximum absolute atomic E-state index is 13.8. The maximum atomic E-state index is 13.8. The Morgan fingerprint density at radius 2 is 2.00 bits per heavy atom. The fraction of sp³-hybridized carbons (Fsp3) is 0.444. The molecule has 2 heterocycles. The lowest BCUT2D eigenvalue weighted by Gasteiger charge is -2.33. The van der Waals surface area contributed by atoms with Gasteiger partial charge in [0.25, 0.3) is 5.91 Å². The number of halogens is 4. The standard InChI is InChI=1S/C16H17F2N3O2.C11H14F2O/c1-8-4-9(7-16(17,18)6-8)11-5-12(22)13-10(21-11)2-3-20-14(13)15(19)23;1-3-8(2)7-14-10-6-4-5-9(12)11(10)13/h2-3,5,8-9H,4,6-7H2,1H3,(H2,19,23)(H,21,22);4-6,8H,3,7H2,1-2H3/t8?,9-;/m0./s1. The van der Waals surface area contributed by atoms with E-state index in [1.165, 1.54) is 30.5 Å². The van der Waals surface area contributed by atoms with Crippen molar-refractivity contribution in [1.82, 2.24) is 9.97 Å². The van der Waals surface area contributed by atoms with Crippen LogP contribution in [0.25, 0.3) is 10.9 Å². The molecular weight excluding hydrogens is 490 g/mol. The first-order chi connectivity index (χ1) is 17.4. The van der Waals surface area contributed by atoms with Gasteiger partial charge in [-0.3, -0.25) is 14.6 Å². The van der Waals surface area contributed by atoms with E-state index >= 15 is 0 Å². The van der Waals surface area contributed by atoms with E-state index in [-0.39, 0.29) is 35.6 Å².